The van der Waals surface area contributed by atoms with E-state index in [1.54, 1.807) is 6.26 Å². The van der Waals surface area contributed by atoms with Gasteiger partial charge in [-0.1, -0.05) is 33.6 Å². The molecule has 0 bridgehead atoms. The predicted octanol–water partition coefficient (Wildman–Crippen LogP) is 3.93. The third-order valence-electron chi connectivity index (χ3n) is 4.40. The van der Waals surface area contributed by atoms with E-state index in [9.17, 15) is 4.79 Å². The number of nitrogens with one attached hydrogen (secondary N) is 1. The summed E-state index contributed by atoms with van der Waals surface area (Å²) in [6.45, 7) is 6.85. The van der Waals surface area contributed by atoms with Gasteiger partial charge in [0, 0.05) is 18.9 Å². The second kappa shape index (κ2) is 6.47. The van der Waals surface area contributed by atoms with Crippen LogP contribution in [0.4, 0.5) is 0 Å². The van der Waals surface area contributed by atoms with Gasteiger partial charge in [-0.15, -0.1) is 0 Å². The maximum atomic E-state index is 12.1. The topological polar surface area (TPSA) is 42.2 Å². The summed E-state index contributed by atoms with van der Waals surface area (Å²) in [7, 11) is 0. The Morgan fingerprint density at radius 2 is 2.10 bits per heavy atom. The summed E-state index contributed by atoms with van der Waals surface area (Å²) in [6, 6.07) is 4.13. The van der Waals surface area contributed by atoms with Crippen molar-refractivity contribution in [2.75, 3.05) is 0 Å². The van der Waals surface area contributed by atoms with Crippen LogP contribution in [0.2, 0.25) is 0 Å². The van der Waals surface area contributed by atoms with Crippen LogP contribution < -0.4 is 5.32 Å². The first-order chi connectivity index (χ1) is 9.47. The molecule has 0 aromatic carbocycles. The van der Waals surface area contributed by atoms with E-state index in [-0.39, 0.29) is 11.3 Å². The van der Waals surface area contributed by atoms with Crippen molar-refractivity contribution in [2.45, 2.75) is 65.3 Å². The smallest absolute Gasteiger partial charge is 0.220 e. The van der Waals surface area contributed by atoms with Crippen LogP contribution in [-0.4, -0.2) is 11.9 Å². The van der Waals surface area contributed by atoms with Crippen LogP contribution in [-0.2, 0) is 11.2 Å². The molecule has 1 amide bonds. The summed E-state index contributed by atoms with van der Waals surface area (Å²) < 4.78 is 5.27. The van der Waals surface area contributed by atoms with Gasteiger partial charge in [-0.25, -0.2) is 0 Å². The fourth-order valence-corrected chi connectivity index (χ4v) is 3.31. The molecule has 0 radical (unpaired) electrons. The lowest BCUT2D eigenvalue weighted by atomic mass is 9.69. The molecule has 1 heterocycles. The van der Waals surface area contributed by atoms with Gasteiger partial charge in [0.15, 0.2) is 0 Å². The van der Waals surface area contributed by atoms with Gasteiger partial charge in [0.2, 0.25) is 5.91 Å². The van der Waals surface area contributed by atoms with Gasteiger partial charge in [0.25, 0.3) is 0 Å². The van der Waals surface area contributed by atoms with Gasteiger partial charge < -0.3 is 9.73 Å². The highest BCUT2D eigenvalue weighted by molar-refractivity contribution is 5.76. The molecule has 2 rings (SSSR count). The summed E-state index contributed by atoms with van der Waals surface area (Å²) in [5.41, 5.74) is 0.263. The number of carbonyl (C=O) groups excluding carboxylic acids is 1. The van der Waals surface area contributed by atoms with E-state index in [4.69, 9.17) is 4.42 Å². The fraction of sp³-hybridized carbons (Fsp3) is 0.706. The Labute approximate surface area is 122 Å². The zero-order chi connectivity index (χ0) is 14.6. The molecule has 1 fully saturated rings. The van der Waals surface area contributed by atoms with E-state index in [0.29, 0.717) is 24.8 Å². The highest BCUT2D eigenvalue weighted by atomic mass is 16.3. The molecule has 2 unspecified atom stereocenters. The SMILES string of the molecule is CC(C)(C)C1CCCCC1NC(=O)CCc1ccco1. The van der Waals surface area contributed by atoms with Crippen molar-refractivity contribution < 1.29 is 9.21 Å². The van der Waals surface area contributed by atoms with E-state index in [2.05, 4.69) is 26.1 Å². The maximum Gasteiger partial charge on any atom is 0.220 e. The Bertz CT molecular complexity index is 417. The Kier molecular flexibility index (Phi) is 4.90. The van der Waals surface area contributed by atoms with Crippen molar-refractivity contribution in [3.63, 3.8) is 0 Å². The van der Waals surface area contributed by atoms with Crippen molar-refractivity contribution in [1.29, 1.82) is 0 Å². The van der Waals surface area contributed by atoms with Gasteiger partial charge in [-0.05, 0) is 36.3 Å². The molecule has 1 saturated carbocycles. The number of furan rings is 1. The standard InChI is InChI=1S/C17H27NO2/c1-17(2,3)14-8-4-5-9-15(14)18-16(19)11-10-13-7-6-12-20-13/h6-7,12,14-15H,4-5,8-11H2,1-3H3,(H,18,19). The zero-order valence-corrected chi connectivity index (χ0v) is 12.9. The van der Waals surface area contributed by atoms with Crippen LogP contribution in [0.1, 0.15) is 58.6 Å². The molecular weight excluding hydrogens is 250 g/mol. The lowest BCUT2D eigenvalue weighted by Gasteiger charge is -2.40. The molecule has 1 aromatic rings. The molecule has 3 nitrogen and oxygen atoms in total. The van der Waals surface area contributed by atoms with Gasteiger partial charge in [0.1, 0.15) is 5.76 Å². The molecule has 1 aromatic heterocycles. The van der Waals surface area contributed by atoms with Crippen LogP contribution >= 0.6 is 0 Å². The number of carbonyl (C=O) groups is 1. The van der Waals surface area contributed by atoms with Crippen LogP contribution in [0.5, 0.6) is 0 Å². The highest BCUT2D eigenvalue weighted by Crippen LogP contribution is 2.37. The Balaban J connectivity index is 1.85. The van der Waals surface area contributed by atoms with Crippen molar-refractivity contribution in [1.82, 2.24) is 5.32 Å². The van der Waals surface area contributed by atoms with Crippen LogP contribution in [0.3, 0.4) is 0 Å². The average Bonchev–Trinajstić information content (AvgIpc) is 2.89. The zero-order valence-electron chi connectivity index (χ0n) is 12.9. The lowest BCUT2D eigenvalue weighted by Crippen LogP contribution is -2.46. The summed E-state index contributed by atoms with van der Waals surface area (Å²) in [5, 5.41) is 3.26. The van der Waals surface area contributed by atoms with E-state index in [0.717, 1.165) is 12.2 Å². The molecular formula is C17H27NO2. The minimum atomic E-state index is 0.155. The minimum Gasteiger partial charge on any atom is -0.469 e. The normalized spacial score (nSPS) is 23.6. The summed E-state index contributed by atoms with van der Waals surface area (Å²) >= 11 is 0. The largest absolute Gasteiger partial charge is 0.469 e. The van der Waals surface area contributed by atoms with Gasteiger partial charge in [-0.2, -0.15) is 0 Å². The number of rotatable bonds is 4. The highest BCUT2D eigenvalue weighted by Gasteiger charge is 2.34. The Morgan fingerprint density at radius 3 is 2.75 bits per heavy atom. The van der Waals surface area contributed by atoms with Crippen molar-refractivity contribution in [3.8, 4) is 0 Å². The van der Waals surface area contributed by atoms with Gasteiger partial charge >= 0.3 is 0 Å². The molecule has 0 spiro atoms. The second-order valence-electron chi connectivity index (χ2n) is 7.01. The third kappa shape index (κ3) is 4.12. The monoisotopic (exact) mass is 277 g/mol. The fourth-order valence-electron chi connectivity index (χ4n) is 3.31. The third-order valence-corrected chi connectivity index (χ3v) is 4.40. The molecule has 0 saturated heterocycles. The van der Waals surface area contributed by atoms with Crippen molar-refractivity contribution in [3.05, 3.63) is 24.2 Å². The number of hydrogen-bond donors (Lipinski definition) is 1. The first-order valence-electron chi connectivity index (χ1n) is 7.78. The quantitative estimate of drug-likeness (QED) is 0.906. The number of hydrogen-bond acceptors (Lipinski definition) is 2. The molecule has 1 aliphatic carbocycles. The van der Waals surface area contributed by atoms with Gasteiger partial charge in [0.05, 0.1) is 6.26 Å². The Hall–Kier alpha value is -1.25. The van der Waals surface area contributed by atoms with E-state index >= 15 is 0 Å². The van der Waals surface area contributed by atoms with Crippen molar-refractivity contribution in [2.24, 2.45) is 11.3 Å². The predicted molar refractivity (Wildman–Crippen MR) is 80.4 cm³/mol. The molecule has 3 heteroatoms. The van der Waals surface area contributed by atoms with Crippen molar-refractivity contribution >= 4 is 5.91 Å². The first kappa shape index (κ1) is 15.1. The minimum absolute atomic E-state index is 0.155. The van der Waals surface area contributed by atoms with Crippen LogP contribution in [0.25, 0.3) is 0 Å². The van der Waals surface area contributed by atoms with E-state index in [1.807, 2.05) is 12.1 Å². The van der Waals surface area contributed by atoms with E-state index in [1.165, 1.54) is 19.3 Å². The van der Waals surface area contributed by atoms with Crippen LogP contribution in [0.15, 0.2) is 22.8 Å². The molecule has 0 aliphatic heterocycles. The summed E-state index contributed by atoms with van der Waals surface area (Å²) in [4.78, 5) is 12.1. The summed E-state index contributed by atoms with van der Waals surface area (Å²) in [6.07, 6.45) is 7.73. The lowest BCUT2D eigenvalue weighted by molar-refractivity contribution is -0.122. The van der Waals surface area contributed by atoms with E-state index < -0.39 is 0 Å². The molecule has 1 N–H and O–H groups in total. The average molecular weight is 277 g/mol. The molecule has 2 atom stereocenters. The maximum absolute atomic E-state index is 12.1. The number of amides is 1. The number of aryl methyl sites for hydroxylation is 1. The van der Waals surface area contributed by atoms with Gasteiger partial charge in [-0.3, -0.25) is 4.79 Å². The molecule has 1 aliphatic rings. The second-order valence-corrected chi connectivity index (χ2v) is 7.01. The molecule has 112 valence electrons. The van der Waals surface area contributed by atoms with Crippen LogP contribution in [0, 0.1) is 11.3 Å². The Morgan fingerprint density at radius 1 is 1.35 bits per heavy atom. The molecule has 20 heavy (non-hydrogen) atoms. The summed E-state index contributed by atoms with van der Waals surface area (Å²) in [5.74, 6) is 1.63. The first-order valence-corrected chi connectivity index (χ1v) is 7.78.